The Morgan fingerprint density at radius 2 is 1.61 bits per heavy atom. The number of hydrogen-bond acceptors (Lipinski definition) is 4. The van der Waals surface area contributed by atoms with Crippen LogP contribution in [0.3, 0.4) is 0 Å². The number of nitrogens with zero attached hydrogens (tertiary/aromatic N) is 2. The minimum atomic E-state index is 0.279. The molecule has 0 saturated carbocycles. The monoisotopic (exact) mass is 244 g/mol. The van der Waals surface area contributed by atoms with Crippen molar-refractivity contribution in [1.82, 2.24) is 0 Å². The van der Waals surface area contributed by atoms with Crippen molar-refractivity contribution in [3.05, 3.63) is 27.8 Å². The van der Waals surface area contributed by atoms with Gasteiger partial charge in [-0.1, -0.05) is 6.92 Å². The third-order valence-corrected chi connectivity index (χ3v) is 3.36. The van der Waals surface area contributed by atoms with E-state index in [0.29, 0.717) is 5.69 Å². The second kappa shape index (κ2) is 6.06. The Hall–Kier alpha value is -2.02. The number of carbonyl (C=O) groups excluding carboxylic acids is 2. The van der Waals surface area contributed by atoms with E-state index in [2.05, 4.69) is 16.9 Å². The Bertz CT molecular complexity index is 564. The van der Waals surface area contributed by atoms with Gasteiger partial charge in [0, 0.05) is 0 Å². The van der Waals surface area contributed by atoms with E-state index in [0.717, 1.165) is 34.2 Å². The highest BCUT2D eigenvalue weighted by molar-refractivity contribution is 5.65. The predicted octanol–water partition coefficient (Wildman–Crippen LogP) is 2.98. The van der Waals surface area contributed by atoms with Crippen LogP contribution in [0, 0.1) is 20.8 Å². The molecule has 0 N–H and O–H groups in total. The lowest BCUT2D eigenvalue weighted by Gasteiger charge is -2.17. The fraction of sp³-hybridized carbons (Fsp3) is 0.429. The summed E-state index contributed by atoms with van der Waals surface area (Å²) in [6.45, 7) is 8.15. The Morgan fingerprint density at radius 3 is 2.11 bits per heavy atom. The van der Waals surface area contributed by atoms with Crippen LogP contribution in [0.4, 0.5) is 5.69 Å². The fourth-order valence-electron chi connectivity index (χ4n) is 2.30. The van der Waals surface area contributed by atoms with Crippen molar-refractivity contribution in [2.24, 2.45) is 9.98 Å². The molecule has 0 fully saturated rings. The summed E-state index contributed by atoms with van der Waals surface area (Å²) in [5, 5.41) is 0. The van der Waals surface area contributed by atoms with Gasteiger partial charge in [0.05, 0.1) is 12.2 Å². The molecule has 0 atom stereocenters. The highest BCUT2D eigenvalue weighted by Gasteiger charge is 2.15. The third kappa shape index (κ3) is 2.45. The molecule has 0 aliphatic rings. The summed E-state index contributed by atoms with van der Waals surface area (Å²) in [6.07, 6.45) is 3.98. The molecule has 0 spiro atoms. The molecular formula is C14H16N2O2. The summed E-state index contributed by atoms with van der Waals surface area (Å²) in [5.74, 6) is 0. The molecule has 0 unspecified atom stereocenters. The molecule has 4 nitrogen and oxygen atoms in total. The SMILES string of the molecule is CCc1c(C)c(C)c(N=C=O)c(C)c1CN=C=O. The van der Waals surface area contributed by atoms with Gasteiger partial charge in [0.15, 0.2) is 0 Å². The summed E-state index contributed by atoms with van der Waals surface area (Å²) in [4.78, 5) is 28.2. The number of hydrogen-bond donors (Lipinski definition) is 0. The van der Waals surface area contributed by atoms with E-state index in [4.69, 9.17) is 0 Å². The second-order valence-corrected chi connectivity index (χ2v) is 4.14. The zero-order valence-corrected chi connectivity index (χ0v) is 11.1. The summed E-state index contributed by atoms with van der Waals surface area (Å²) in [6, 6.07) is 0. The van der Waals surface area contributed by atoms with E-state index >= 15 is 0 Å². The molecule has 0 amide bonds. The standard InChI is InChI=1S/C14H16N2O2/c1-5-12-9(2)10(3)14(16-8-18)11(4)13(12)6-15-7-17/h5-6H2,1-4H3. The number of aliphatic imine (C=N–C) groups is 2. The summed E-state index contributed by atoms with van der Waals surface area (Å²) >= 11 is 0. The first-order valence-corrected chi connectivity index (χ1v) is 5.81. The van der Waals surface area contributed by atoms with Crippen molar-refractivity contribution < 1.29 is 9.59 Å². The summed E-state index contributed by atoms with van der Waals surface area (Å²) in [7, 11) is 0. The molecule has 0 aromatic heterocycles. The minimum absolute atomic E-state index is 0.279. The van der Waals surface area contributed by atoms with Crippen LogP contribution < -0.4 is 0 Å². The third-order valence-electron chi connectivity index (χ3n) is 3.36. The van der Waals surface area contributed by atoms with Crippen LogP contribution in [0.1, 0.15) is 34.7 Å². The highest BCUT2D eigenvalue weighted by atomic mass is 16.1. The second-order valence-electron chi connectivity index (χ2n) is 4.14. The van der Waals surface area contributed by atoms with Gasteiger partial charge in [-0.3, -0.25) is 0 Å². The summed E-state index contributed by atoms with van der Waals surface area (Å²) < 4.78 is 0. The molecule has 4 heteroatoms. The normalized spacial score (nSPS) is 9.56. The van der Waals surface area contributed by atoms with Gasteiger partial charge in [0.1, 0.15) is 0 Å². The molecule has 18 heavy (non-hydrogen) atoms. The lowest BCUT2D eigenvalue weighted by Crippen LogP contribution is -2.02. The molecule has 0 bridgehead atoms. The summed E-state index contributed by atoms with van der Waals surface area (Å²) in [5.41, 5.74) is 5.71. The molecule has 1 rings (SSSR count). The van der Waals surface area contributed by atoms with Crippen LogP contribution in [-0.4, -0.2) is 12.2 Å². The molecular weight excluding hydrogens is 228 g/mol. The van der Waals surface area contributed by atoms with Gasteiger partial charge in [0.2, 0.25) is 12.2 Å². The van der Waals surface area contributed by atoms with Crippen molar-refractivity contribution in [3.8, 4) is 0 Å². The molecule has 0 heterocycles. The zero-order valence-electron chi connectivity index (χ0n) is 11.1. The van der Waals surface area contributed by atoms with Gasteiger partial charge in [-0.05, 0) is 55.0 Å². The Morgan fingerprint density at radius 1 is 0.944 bits per heavy atom. The molecule has 0 aliphatic heterocycles. The lowest BCUT2D eigenvalue weighted by atomic mass is 9.90. The Kier molecular flexibility index (Phi) is 4.73. The predicted molar refractivity (Wildman–Crippen MR) is 69.6 cm³/mol. The maximum atomic E-state index is 10.5. The van der Waals surface area contributed by atoms with Crippen LogP contribution >= 0.6 is 0 Å². The Balaban J connectivity index is 3.65. The van der Waals surface area contributed by atoms with Gasteiger partial charge < -0.3 is 0 Å². The van der Waals surface area contributed by atoms with E-state index in [-0.39, 0.29) is 6.54 Å². The minimum Gasteiger partial charge on any atom is -0.211 e. The number of benzene rings is 1. The van der Waals surface area contributed by atoms with E-state index in [9.17, 15) is 9.59 Å². The largest absolute Gasteiger partial charge is 0.240 e. The van der Waals surface area contributed by atoms with Gasteiger partial charge in [-0.25, -0.2) is 14.6 Å². The topological polar surface area (TPSA) is 58.9 Å². The maximum absolute atomic E-state index is 10.5. The van der Waals surface area contributed by atoms with Crippen LogP contribution in [0.2, 0.25) is 0 Å². The highest BCUT2D eigenvalue weighted by Crippen LogP contribution is 2.33. The zero-order chi connectivity index (χ0) is 13.7. The quantitative estimate of drug-likeness (QED) is 0.604. The molecule has 1 aromatic carbocycles. The van der Waals surface area contributed by atoms with Crippen molar-refractivity contribution in [2.45, 2.75) is 40.7 Å². The van der Waals surface area contributed by atoms with Crippen molar-refractivity contribution in [3.63, 3.8) is 0 Å². The molecule has 0 aliphatic carbocycles. The van der Waals surface area contributed by atoms with Gasteiger partial charge >= 0.3 is 0 Å². The first-order chi connectivity index (χ1) is 8.58. The van der Waals surface area contributed by atoms with Crippen molar-refractivity contribution in [1.29, 1.82) is 0 Å². The first kappa shape index (κ1) is 14.0. The molecule has 94 valence electrons. The molecule has 0 radical (unpaired) electrons. The molecule has 0 saturated heterocycles. The van der Waals surface area contributed by atoms with E-state index < -0.39 is 0 Å². The van der Waals surface area contributed by atoms with Gasteiger partial charge in [-0.2, -0.15) is 4.99 Å². The van der Waals surface area contributed by atoms with E-state index in [1.807, 2.05) is 20.8 Å². The number of isocyanates is 2. The van der Waals surface area contributed by atoms with Gasteiger partial charge in [0.25, 0.3) is 0 Å². The van der Waals surface area contributed by atoms with Crippen molar-refractivity contribution in [2.75, 3.05) is 0 Å². The lowest BCUT2D eigenvalue weighted by molar-refractivity contribution is 0.562. The van der Waals surface area contributed by atoms with Crippen LogP contribution in [0.15, 0.2) is 9.98 Å². The van der Waals surface area contributed by atoms with Crippen LogP contribution in [0.25, 0.3) is 0 Å². The van der Waals surface area contributed by atoms with E-state index in [1.54, 1.807) is 12.2 Å². The molecule has 1 aromatic rings. The fourth-order valence-corrected chi connectivity index (χ4v) is 2.30. The van der Waals surface area contributed by atoms with E-state index in [1.165, 1.54) is 0 Å². The Labute approximate surface area is 106 Å². The average Bonchev–Trinajstić information content (AvgIpc) is 2.37. The average molecular weight is 244 g/mol. The van der Waals surface area contributed by atoms with Crippen LogP contribution in [-0.2, 0) is 22.6 Å². The maximum Gasteiger partial charge on any atom is 0.240 e. The smallest absolute Gasteiger partial charge is 0.211 e. The van der Waals surface area contributed by atoms with Crippen molar-refractivity contribution >= 4 is 17.8 Å². The van der Waals surface area contributed by atoms with Crippen LogP contribution in [0.5, 0.6) is 0 Å². The van der Waals surface area contributed by atoms with Gasteiger partial charge in [-0.15, -0.1) is 0 Å². The first-order valence-electron chi connectivity index (χ1n) is 5.81. The number of rotatable bonds is 4.